The fourth-order valence-electron chi connectivity index (χ4n) is 3.43. The fourth-order valence-corrected chi connectivity index (χ4v) is 3.43. The zero-order chi connectivity index (χ0) is 18.8. The van der Waals surface area contributed by atoms with Crippen LogP contribution >= 0.6 is 0 Å². The lowest BCUT2D eigenvalue weighted by molar-refractivity contribution is 0.0360. The van der Waals surface area contributed by atoms with Gasteiger partial charge in [-0.1, -0.05) is 81.3 Å². The molecule has 0 amide bonds. The molecular weight excluding hydrogens is 318 g/mol. The Kier molecular flexibility index (Phi) is 8.34. The molecule has 1 unspecified atom stereocenters. The van der Waals surface area contributed by atoms with Gasteiger partial charge in [-0.15, -0.1) is 0 Å². The molecule has 2 rings (SSSR count). The van der Waals surface area contributed by atoms with Crippen molar-refractivity contribution in [1.82, 2.24) is 4.90 Å². The highest BCUT2D eigenvalue weighted by Gasteiger charge is 2.26. The van der Waals surface area contributed by atoms with Crippen LogP contribution in [0.4, 0.5) is 0 Å². The van der Waals surface area contributed by atoms with Gasteiger partial charge in [-0.25, -0.2) is 0 Å². The van der Waals surface area contributed by atoms with Gasteiger partial charge < -0.3 is 10.0 Å². The maximum atomic E-state index is 11.3. The molecule has 1 N–H and O–H groups in total. The summed E-state index contributed by atoms with van der Waals surface area (Å²) >= 11 is 0. The number of hydrogen-bond acceptors (Lipinski definition) is 2. The van der Waals surface area contributed by atoms with Crippen LogP contribution in [0.1, 0.15) is 58.4 Å². The second kappa shape index (κ2) is 10.5. The average Bonchev–Trinajstić information content (AvgIpc) is 2.68. The Balaban J connectivity index is 2.14. The van der Waals surface area contributed by atoms with E-state index in [2.05, 4.69) is 61.2 Å². The predicted molar refractivity (Wildman–Crippen MR) is 112 cm³/mol. The van der Waals surface area contributed by atoms with Crippen LogP contribution < -0.4 is 0 Å². The summed E-state index contributed by atoms with van der Waals surface area (Å²) in [5.41, 5.74) is 2.49. The maximum Gasteiger partial charge on any atom is 0.0886 e. The summed E-state index contributed by atoms with van der Waals surface area (Å²) in [7, 11) is 0. The summed E-state index contributed by atoms with van der Waals surface area (Å²) in [5, 5.41) is 11.3. The normalized spacial score (nSPS) is 13.7. The van der Waals surface area contributed by atoms with Crippen LogP contribution in [0.2, 0.25) is 0 Å². The second-order valence-corrected chi connectivity index (χ2v) is 7.48. The van der Waals surface area contributed by atoms with Crippen LogP contribution in [0.3, 0.4) is 0 Å². The van der Waals surface area contributed by atoms with Crippen molar-refractivity contribution in [2.75, 3.05) is 19.6 Å². The van der Waals surface area contributed by atoms with Gasteiger partial charge in [-0.3, -0.25) is 0 Å². The van der Waals surface area contributed by atoms with Gasteiger partial charge in [-0.2, -0.15) is 0 Å². The number of unbranched alkanes of at least 4 members (excludes halogenated alkanes) is 2. The molecule has 0 saturated heterocycles. The largest absolute Gasteiger partial charge is 0.385 e. The van der Waals surface area contributed by atoms with Crippen LogP contribution in [0.15, 0.2) is 54.6 Å². The van der Waals surface area contributed by atoms with Crippen molar-refractivity contribution in [3.8, 4) is 11.1 Å². The van der Waals surface area contributed by atoms with Crippen molar-refractivity contribution in [3.05, 3.63) is 60.2 Å². The van der Waals surface area contributed by atoms with E-state index in [1.165, 1.54) is 25.7 Å². The van der Waals surface area contributed by atoms with Crippen molar-refractivity contribution in [2.24, 2.45) is 0 Å². The molecule has 0 spiro atoms. The number of nitrogens with zero attached hydrogens (tertiary/aromatic N) is 1. The number of hydrogen-bond donors (Lipinski definition) is 1. The summed E-state index contributed by atoms with van der Waals surface area (Å²) in [6.07, 6.45) is 5.65. The van der Waals surface area contributed by atoms with Crippen LogP contribution in [-0.4, -0.2) is 29.6 Å². The monoisotopic (exact) mass is 353 g/mol. The van der Waals surface area contributed by atoms with Gasteiger partial charge in [0.15, 0.2) is 0 Å². The third-order valence-electron chi connectivity index (χ3n) is 5.16. The van der Waals surface area contributed by atoms with E-state index in [1.54, 1.807) is 0 Å². The standard InChI is InChI=1S/C24H35NO/c1-4-6-18-25(19-7-5-2)20-17-24(3,26)23-16-12-11-15-22(23)21-13-9-8-10-14-21/h8-16,26H,4-7,17-20H2,1-3H3. The van der Waals surface area contributed by atoms with Gasteiger partial charge >= 0.3 is 0 Å². The molecule has 26 heavy (non-hydrogen) atoms. The summed E-state index contributed by atoms with van der Waals surface area (Å²) in [6, 6.07) is 18.6. The van der Waals surface area contributed by atoms with Crippen molar-refractivity contribution >= 4 is 0 Å². The SMILES string of the molecule is CCCCN(CCCC)CCC(C)(O)c1ccccc1-c1ccccc1. The van der Waals surface area contributed by atoms with E-state index in [1.807, 2.05) is 19.1 Å². The molecule has 2 aromatic carbocycles. The molecule has 2 nitrogen and oxygen atoms in total. The zero-order valence-electron chi connectivity index (χ0n) is 16.7. The highest BCUT2D eigenvalue weighted by Crippen LogP contribution is 2.34. The molecule has 0 aliphatic rings. The number of rotatable bonds is 11. The topological polar surface area (TPSA) is 23.5 Å². The molecule has 0 aliphatic heterocycles. The lowest BCUT2D eigenvalue weighted by Gasteiger charge is -2.30. The lowest BCUT2D eigenvalue weighted by atomic mass is 9.86. The Hall–Kier alpha value is -1.64. The maximum absolute atomic E-state index is 11.3. The molecule has 2 heteroatoms. The van der Waals surface area contributed by atoms with E-state index in [4.69, 9.17) is 0 Å². The quantitative estimate of drug-likeness (QED) is 0.547. The van der Waals surface area contributed by atoms with E-state index in [-0.39, 0.29) is 0 Å². The molecule has 0 aliphatic carbocycles. The number of benzene rings is 2. The summed E-state index contributed by atoms with van der Waals surface area (Å²) in [6.45, 7) is 9.65. The van der Waals surface area contributed by atoms with Gasteiger partial charge in [0.1, 0.15) is 0 Å². The van der Waals surface area contributed by atoms with Crippen molar-refractivity contribution in [1.29, 1.82) is 0 Å². The first kappa shape index (κ1) is 20.7. The van der Waals surface area contributed by atoms with Crippen LogP contribution in [0.25, 0.3) is 11.1 Å². The lowest BCUT2D eigenvalue weighted by Crippen LogP contribution is -2.33. The van der Waals surface area contributed by atoms with Crippen molar-refractivity contribution in [2.45, 2.75) is 58.5 Å². The molecule has 0 bridgehead atoms. The second-order valence-electron chi connectivity index (χ2n) is 7.48. The van der Waals surface area contributed by atoms with Gasteiger partial charge in [0.05, 0.1) is 5.60 Å². The summed E-state index contributed by atoms with van der Waals surface area (Å²) in [5.74, 6) is 0. The summed E-state index contributed by atoms with van der Waals surface area (Å²) in [4.78, 5) is 2.52. The van der Waals surface area contributed by atoms with Gasteiger partial charge in [0.2, 0.25) is 0 Å². The van der Waals surface area contributed by atoms with E-state index < -0.39 is 5.60 Å². The Morgan fingerprint density at radius 3 is 2.00 bits per heavy atom. The minimum absolute atomic E-state index is 0.754. The van der Waals surface area contributed by atoms with Crippen LogP contribution in [-0.2, 0) is 5.60 Å². The Morgan fingerprint density at radius 1 is 0.808 bits per heavy atom. The molecule has 142 valence electrons. The molecule has 0 heterocycles. The van der Waals surface area contributed by atoms with Crippen molar-refractivity contribution in [3.63, 3.8) is 0 Å². The van der Waals surface area contributed by atoms with E-state index in [0.717, 1.165) is 42.7 Å². The summed E-state index contributed by atoms with van der Waals surface area (Å²) < 4.78 is 0. The Labute approximate surface area is 159 Å². The molecule has 0 aromatic heterocycles. The Bertz CT molecular complexity index is 628. The van der Waals surface area contributed by atoms with Gasteiger partial charge in [0.25, 0.3) is 0 Å². The molecule has 0 fully saturated rings. The highest BCUT2D eigenvalue weighted by atomic mass is 16.3. The Morgan fingerprint density at radius 2 is 1.38 bits per heavy atom. The highest BCUT2D eigenvalue weighted by molar-refractivity contribution is 5.68. The fraction of sp³-hybridized carbons (Fsp3) is 0.500. The van der Waals surface area contributed by atoms with E-state index in [0.29, 0.717) is 0 Å². The molecule has 0 saturated carbocycles. The molecule has 1 atom stereocenters. The van der Waals surface area contributed by atoms with Gasteiger partial charge in [-0.05, 0) is 56.0 Å². The zero-order valence-corrected chi connectivity index (χ0v) is 16.7. The average molecular weight is 354 g/mol. The van der Waals surface area contributed by atoms with Crippen LogP contribution in [0, 0.1) is 0 Å². The predicted octanol–water partition coefficient (Wildman–Crippen LogP) is 5.85. The molecular formula is C24H35NO. The van der Waals surface area contributed by atoms with Crippen molar-refractivity contribution < 1.29 is 5.11 Å². The number of aliphatic hydroxyl groups is 1. The van der Waals surface area contributed by atoms with Gasteiger partial charge in [0, 0.05) is 6.54 Å². The molecule has 2 aromatic rings. The van der Waals surface area contributed by atoms with Crippen LogP contribution in [0.5, 0.6) is 0 Å². The third kappa shape index (κ3) is 5.96. The third-order valence-corrected chi connectivity index (χ3v) is 5.16. The molecule has 0 radical (unpaired) electrons. The first-order chi connectivity index (χ1) is 12.6. The minimum Gasteiger partial charge on any atom is -0.385 e. The van der Waals surface area contributed by atoms with E-state index >= 15 is 0 Å². The first-order valence-corrected chi connectivity index (χ1v) is 10.2. The van der Waals surface area contributed by atoms with E-state index in [9.17, 15) is 5.11 Å². The smallest absolute Gasteiger partial charge is 0.0886 e. The first-order valence-electron chi connectivity index (χ1n) is 10.2. The minimum atomic E-state index is -0.830.